The van der Waals surface area contributed by atoms with Crippen LogP contribution in [-0.2, 0) is 9.09 Å². The molecule has 0 unspecified atom stereocenters. The highest BCUT2D eigenvalue weighted by atomic mass is 33.1. The normalized spacial score (nSPS) is 11.9. The number of hydrogen-bond donors (Lipinski definition) is 3. The monoisotopic (exact) mass is 346 g/mol. The highest BCUT2D eigenvalue weighted by Gasteiger charge is 2.12. The zero-order chi connectivity index (χ0) is 15.1. The minimum atomic E-state index is -4.27. The zero-order valence-corrected chi connectivity index (χ0v) is 14.4. The van der Waals surface area contributed by atoms with Crippen molar-refractivity contribution in [3.8, 4) is 0 Å². The van der Waals surface area contributed by atoms with Crippen LogP contribution < -0.4 is 0 Å². The number of unbranched alkanes of at least 4 members (excludes halogenated alkanes) is 6. The molecule has 0 aliphatic heterocycles. The van der Waals surface area contributed by atoms with Crippen LogP contribution in [-0.4, -0.2) is 39.6 Å². The number of phosphoric ester groups is 1. The maximum Gasteiger partial charge on any atom is 0.469 e. The number of aliphatic hydroxyl groups excluding tert-OH is 1. The molecule has 0 saturated carbocycles. The van der Waals surface area contributed by atoms with Crippen LogP contribution in [0.25, 0.3) is 0 Å². The molecule has 0 heterocycles. The van der Waals surface area contributed by atoms with Crippen molar-refractivity contribution in [2.24, 2.45) is 0 Å². The lowest BCUT2D eigenvalue weighted by Gasteiger charge is -2.05. The Morgan fingerprint density at radius 3 is 1.80 bits per heavy atom. The van der Waals surface area contributed by atoms with Crippen molar-refractivity contribution in [2.45, 2.75) is 51.4 Å². The SMILES string of the molecule is O=P(O)(O)OCCCCCCSSCCCCCCO. The van der Waals surface area contributed by atoms with Gasteiger partial charge in [0, 0.05) is 18.1 Å². The van der Waals surface area contributed by atoms with Gasteiger partial charge in [-0.15, -0.1) is 0 Å². The van der Waals surface area contributed by atoms with Crippen molar-refractivity contribution >= 4 is 29.4 Å². The standard InChI is InChI=1S/C12H27O5PS2/c13-9-5-1-3-7-11-19-20-12-8-4-2-6-10-17-18(14,15)16/h13H,1-12H2,(H2,14,15,16). The Labute approximate surface area is 129 Å². The predicted molar refractivity (Wildman–Crippen MR) is 86.9 cm³/mol. The molecule has 0 amide bonds. The van der Waals surface area contributed by atoms with E-state index in [9.17, 15) is 4.57 Å². The second kappa shape index (κ2) is 14.7. The molecule has 0 aromatic carbocycles. The van der Waals surface area contributed by atoms with Gasteiger partial charge in [0.1, 0.15) is 0 Å². The molecule has 0 aromatic heterocycles. The fraction of sp³-hybridized carbons (Fsp3) is 1.00. The Bertz CT molecular complexity index is 250. The molecule has 20 heavy (non-hydrogen) atoms. The molecule has 122 valence electrons. The lowest BCUT2D eigenvalue weighted by molar-refractivity contribution is 0.193. The molecule has 0 aliphatic rings. The van der Waals surface area contributed by atoms with Gasteiger partial charge in [-0.3, -0.25) is 4.52 Å². The summed E-state index contributed by atoms with van der Waals surface area (Å²) in [5.74, 6) is 2.30. The third kappa shape index (κ3) is 18.8. The van der Waals surface area contributed by atoms with E-state index in [0.29, 0.717) is 13.0 Å². The maximum atomic E-state index is 10.4. The van der Waals surface area contributed by atoms with E-state index in [1.54, 1.807) is 0 Å². The zero-order valence-electron chi connectivity index (χ0n) is 11.9. The summed E-state index contributed by atoms with van der Waals surface area (Å²) in [6.45, 7) is 0.446. The van der Waals surface area contributed by atoms with E-state index < -0.39 is 7.82 Å². The smallest absolute Gasteiger partial charge is 0.396 e. The van der Waals surface area contributed by atoms with Gasteiger partial charge in [0.2, 0.25) is 0 Å². The van der Waals surface area contributed by atoms with Gasteiger partial charge < -0.3 is 14.9 Å². The molecule has 0 fully saturated rings. The van der Waals surface area contributed by atoms with Crippen molar-refractivity contribution in [1.82, 2.24) is 0 Å². The molecule has 0 atom stereocenters. The quantitative estimate of drug-likeness (QED) is 0.237. The Hall–Kier alpha value is 0.770. The molecular weight excluding hydrogens is 319 g/mol. The van der Waals surface area contributed by atoms with Crippen LogP contribution in [0.2, 0.25) is 0 Å². The van der Waals surface area contributed by atoms with E-state index in [1.807, 2.05) is 21.6 Å². The molecule has 0 aromatic rings. The first-order valence-corrected chi connectivity index (χ1v) is 11.1. The molecule has 3 N–H and O–H groups in total. The van der Waals surface area contributed by atoms with Gasteiger partial charge in [-0.2, -0.15) is 0 Å². The summed E-state index contributed by atoms with van der Waals surface area (Å²) in [7, 11) is -0.465. The lowest BCUT2D eigenvalue weighted by atomic mass is 10.2. The highest BCUT2D eigenvalue weighted by Crippen LogP contribution is 2.35. The molecular formula is C12H27O5PS2. The van der Waals surface area contributed by atoms with E-state index in [1.165, 1.54) is 18.6 Å². The number of rotatable bonds is 15. The van der Waals surface area contributed by atoms with Crippen molar-refractivity contribution < 1.29 is 24.0 Å². The largest absolute Gasteiger partial charge is 0.469 e. The van der Waals surface area contributed by atoms with Gasteiger partial charge in [-0.1, -0.05) is 47.3 Å². The van der Waals surface area contributed by atoms with Gasteiger partial charge >= 0.3 is 7.82 Å². The van der Waals surface area contributed by atoms with Crippen LogP contribution >= 0.6 is 29.4 Å². The molecule has 0 rings (SSSR count). The van der Waals surface area contributed by atoms with Crippen molar-refractivity contribution in [3.05, 3.63) is 0 Å². The van der Waals surface area contributed by atoms with Crippen molar-refractivity contribution in [1.29, 1.82) is 0 Å². The van der Waals surface area contributed by atoms with Crippen LogP contribution in [0.1, 0.15) is 51.4 Å². The molecule has 0 aliphatic carbocycles. The fourth-order valence-electron chi connectivity index (χ4n) is 1.54. The topological polar surface area (TPSA) is 87.0 Å². The van der Waals surface area contributed by atoms with Crippen LogP contribution in [0.15, 0.2) is 0 Å². The second-order valence-electron chi connectivity index (χ2n) is 4.52. The van der Waals surface area contributed by atoms with E-state index in [4.69, 9.17) is 14.9 Å². The number of phosphoric acid groups is 1. The Morgan fingerprint density at radius 2 is 1.30 bits per heavy atom. The van der Waals surface area contributed by atoms with E-state index in [-0.39, 0.29) is 6.61 Å². The Kier molecular flexibility index (Phi) is 15.3. The summed E-state index contributed by atoms with van der Waals surface area (Å²) in [5.41, 5.74) is 0. The first-order chi connectivity index (χ1) is 9.56. The molecule has 0 bridgehead atoms. The molecule has 0 spiro atoms. The number of aliphatic hydroxyl groups is 1. The first kappa shape index (κ1) is 20.8. The Balaban J connectivity index is 3.01. The minimum Gasteiger partial charge on any atom is -0.396 e. The van der Waals surface area contributed by atoms with Crippen LogP contribution in [0.3, 0.4) is 0 Å². The van der Waals surface area contributed by atoms with Gasteiger partial charge in [0.15, 0.2) is 0 Å². The third-order valence-electron chi connectivity index (χ3n) is 2.60. The average Bonchev–Trinajstić information content (AvgIpc) is 2.38. The number of hydrogen-bond acceptors (Lipinski definition) is 5. The third-order valence-corrected chi connectivity index (χ3v) is 5.70. The average molecular weight is 346 g/mol. The fourth-order valence-corrected chi connectivity index (χ4v) is 4.21. The highest BCUT2D eigenvalue weighted by molar-refractivity contribution is 8.76. The van der Waals surface area contributed by atoms with Gasteiger partial charge in [-0.25, -0.2) is 4.57 Å². The van der Waals surface area contributed by atoms with Gasteiger partial charge in [-0.05, 0) is 25.7 Å². The summed E-state index contributed by atoms with van der Waals surface area (Å²) >= 11 is 0. The van der Waals surface area contributed by atoms with E-state index in [0.717, 1.165) is 37.9 Å². The van der Waals surface area contributed by atoms with Crippen molar-refractivity contribution in [3.63, 3.8) is 0 Å². The van der Waals surface area contributed by atoms with E-state index >= 15 is 0 Å². The van der Waals surface area contributed by atoms with Crippen LogP contribution in [0.5, 0.6) is 0 Å². The minimum absolute atomic E-state index is 0.139. The molecule has 8 heteroatoms. The summed E-state index contributed by atoms with van der Waals surface area (Å²) in [4.78, 5) is 17.0. The predicted octanol–water partition coefficient (Wildman–Crippen LogP) is 3.59. The molecule has 5 nitrogen and oxygen atoms in total. The maximum absolute atomic E-state index is 10.4. The van der Waals surface area contributed by atoms with E-state index in [2.05, 4.69) is 4.52 Å². The Morgan fingerprint density at radius 1 is 0.800 bits per heavy atom. The summed E-state index contributed by atoms with van der Waals surface area (Å²) in [6.07, 6.45) is 8.33. The summed E-state index contributed by atoms with van der Waals surface area (Å²) in [6, 6.07) is 0. The molecule has 0 saturated heterocycles. The van der Waals surface area contributed by atoms with Gasteiger partial charge in [0.25, 0.3) is 0 Å². The van der Waals surface area contributed by atoms with Crippen LogP contribution in [0.4, 0.5) is 0 Å². The summed E-state index contributed by atoms with van der Waals surface area (Å²) in [5, 5.41) is 8.63. The van der Waals surface area contributed by atoms with Crippen LogP contribution in [0, 0.1) is 0 Å². The second-order valence-corrected chi connectivity index (χ2v) is 8.46. The summed E-state index contributed by atoms with van der Waals surface area (Å²) < 4.78 is 14.8. The first-order valence-electron chi connectivity index (χ1n) is 7.11. The van der Waals surface area contributed by atoms with Gasteiger partial charge in [0.05, 0.1) is 6.61 Å². The van der Waals surface area contributed by atoms with Crippen molar-refractivity contribution in [2.75, 3.05) is 24.7 Å². The molecule has 0 radical (unpaired) electrons. The lowest BCUT2D eigenvalue weighted by Crippen LogP contribution is -1.92.